The number of fused-ring (bicyclic) bond motifs is 4. The molecule has 0 saturated carbocycles. The summed E-state index contributed by atoms with van der Waals surface area (Å²) in [5.74, 6) is 0.956. The molecule has 0 fully saturated rings. The van der Waals surface area contributed by atoms with E-state index in [-0.39, 0.29) is 5.41 Å². The van der Waals surface area contributed by atoms with Crippen LogP contribution in [0.4, 0.5) is 0 Å². The molecule has 0 spiro atoms. The van der Waals surface area contributed by atoms with Gasteiger partial charge in [-0.3, -0.25) is 0 Å². The minimum absolute atomic E-state index is 0.0105. The van der Waals surface area contributed by atoms with Crippen LogP contribution in [-0.4, -0.2) is 9.97 Å². The summed E-state index contributed by atoms with van der Waals surface area (Å²) in [6, 6.07) is 13.2. The van der Waals surface area contributed by atoms with E-state index in [2.05, 4.69) is 64.1 Å². The molecule has 0 N–H and O–H groups in total. The number of aromatic nitrogens is 2. The summed E-state index contributed by atoms with van der Waals surface area (Å²) in [4.78, 5) is 9.71. The minimum atomic E-state index is -0.0105. The first-order chi connectivity index (χ1) is 10.9. The van der Waals surface area contributed by atoms with E-state index in [0.29, 0.717) is 0 Å². The molecule has 0 saturated heterocycles. The normalized spacial score (nSPS) is 13.7. The number of benzene rings is 2. The molecule has 1 aliphatic rings. The van der Waals surface area contributed by atoms with Gasteiger partial charge in [-0.05, 0) is 34.4 Å². The van der Waals surface area contributed by atoms with Crippen molar-refractivity contribution >= 4 is 10.8 Å². The maximum atomic E-state index is 4.91. The first-order valence-corrected chi connectivity index (χ1v) is 8.30. The van der Waals surface area contributed by atoms with Gasteiger partial charge in [-0.2, -0.15) is 0 Å². The first kappa shape index (κ1) is 14.4. The van der Waals surface area contributed by atoms with E-state index in [9.17, 15) is 0 Å². The quantitative estimate of drug-likeness (QED) is 0.469. The summed E-state index contributed by atoms with van der Waals surface area (Å²) in [5, 5.41) is 2.69. The Morgan fingerprint density at radius 1 is 0.870 bits per heavy atom. The molecule has 0 radical (unpaired) electrons. The smallest absolute Gasteiger partial charge is 0.134 e. The van der Waals surface area contributed by atoms with Gasteiger partial charge in [-0.25, -0.2) is 9.97 Å². The fraction of sp³-hybridized carbons (Fsp3) is 0.333. The Morgan fingerprint density at radius 2 is 1.65 bits per heavy atom. The predicted molar refractivity (Wildman–Crippen MR) is 95.0 cm³/mol. The second kappa shape index (κ2) is 4.89. The molecule has 0 atom stereocenters. The van der Waals surface area contributed by atoms with Crippen LogP contribution in [0, 0.1) is 6.92 Å². The SMILES string of the molecule is Cc1nc(C(C)(C)C)nc2c1Cc1c(ccc3ccccc13)C2. The number of nitrogens with zero attached hydrogens (tertiary/aromatic N) is 2. The van der Waals surface area contributed by atoms with Crippen molar-refractivity contribution in [2.24, 2.45) is 0 Å². The monoisotopic (exact) mass is 302 g/mol. The Labute approximate surface area is 137 Å². The summed E-state index contributed by atoms with van der Waals surface area (Å²) in [6.07, 6.45) is 1.87. The lowest BCUT2D eigenvalue weighted by atomic mass is 9.84. The van der Waals surface area contributed by atoms with Crippen LogP contribution in [0.2, 0.25) is 0 Å². The van der Waals surface area contributed by atoms with Gasteiger partial charge in [0.1, 0.15) is 5.82 Å². The van der Waals surface area contributed by atoms with Crippen LogP contribution < -0.4 is 0 Å². The van der Waals surface area contributed by atoms with E-state index in [1.165, 1.54) is 33.2 Å². The van der Waals surface area contributed by atoms with Crippen molar-refractivity contribution in [2.75, 3.05) is 0 Å². The maximum Gasteiger partial charge on any atom is 0.134 e. The Hall–Kier alpha value is -2.22. The Kier molecular flexibility index (Phi) is 3.06. The van der Waals surface area contributed by atoms with Gasteiger partial charge in [0.15, 0.2) is 0 Å². The van der Waals surface area contributed by atoms with Gasteiger partial charge < -0.3 is 0 Å². The van der Waals surface area contributed by atoms with Gasteiger partial charge >= 0.3 is 0 Å². The third-order valence-corrected chi connectivity index (χ3v) is 4.82. The summed E-state index contributed by atoms with van der Waals surface area (Å²) in [5.41, 5.74) is 6.52. The molecule has 2 heteroatoms. The average Bonchev–Trinajstić information content (AvgIpc) is 2.52. The first-order valence-electron chi connectivity index (χ1n) is 8.30. The number of hydrogen-bond donors (Lipinski definition) is 0. The zero-order chi connectivity index (χ0) is 16.2. The third-order valence-electron chi connectivity index (χ3n) is 4.82. The zero-order valence-corrected chi connectivity index (χ0v) is 14.3. The van der Waals surface area contributed by atoms with Crippen LogP contribution in [0.15, 0.2) is 36.4 Å². The van der Waals surface area contributed by atoms with Gasteiger partial charge in [0.25, 0.3) is 0 Å². The van der Waals surface area contributed by atoms with Crippen molar-refractivity contribution in [3.8, 4) is 0 Å². The lowest BCUT2D eigenvalue weighted by molar-refractivity contribution is 0.537. The fourth-order valence-corrected chi connectivity index (χ4v) is 3.48. The highest BCUT2D eigenvalue weighted by atomic mass is 14.9. The molecule has 0 unspecified atom stereocenters. The van der Waals surface area contributed by atoms with E-state index in [4.69, 9.17) is 9.97 Å². The average molecular weight is 302 g/mol. The van der Waals surface area contributed by atoms with E-state index in [1.54, 1.807) is 0 Å². The lowest BCUT2D eigenvalue weighted by Gasteiger charge is -2.25. The number of rotatable bonds is 0. The topological polar surface area (TPSA) is 25.8 Å². The van der Waals surface area contributed by atoms with Gasteiger partial charge in [0.05, 0.1) is 5.69 Å². The van der Waals surface area contributed by atoms with E-state index in [1.807, 2.05) is 0 Å². The maximum absolute atomic E-state index is 4.91. The molecule has 0 amide bonds. The molecule has 3 aromatic rings. The molecular weight excluding hydrogens is 280 g/mol. The highest BCUT2D eigenvalue weighted by Crippen LogP contribution is 2.33. The molecule has 2 nitrogen and oxygen atoms in total. The fourth-order valence-electron chi connectivity index (χ4n) is 3.48. The highest BCUT2D eigenvalue weighted by Gasteiger charge is 2.25. The molecule has 4 rings (SSSR count). The van der Waals surface area contributed by atoms with Gasteiger partial charge in [-0.15, -0.1) is 0 Å². The van der Waals surface area contributed by atoms with Gasteiger partial charge in [-0.1, -0.05) is 57.2 Å². The van der Waals surface area contributed by atoms with Crippen molar-refractivity contribution in [3.63, 3.8) is 0 Å². The summed E-state index contributed by atoms with van der Waals surface area (Å²) >= 11 is 0. The van der Waals surface area contributed by atoms with Crippen molar-refractivity contribution in [2.45, 2.75) is 46.0 Å². The Morgan fingerprint density at radius 3 is 2.43 bits per heavy atom. The van der Waals surface area contributed by atoms with Crippen molar-refractivity contribution in [1.82, 2.24) is 9.97 Å². The molecule has 1 heterocycles. The number of hydrogen-bond acceptors (Lipinski definition) is 2. The largest absolute Gasteiger partial charge is 0.237 e. The molecule has 1 aromatic heterocycles. The van der Waals surface area contributed by atoms with Crippen LogP contribution in [0.5, 0.6) is 0 Å². The molecule has 23 heavy (non-hydrogen) atoms. The standard InChI is InChI=1S/C21H22N2/c1-13-17-12-18-15(10-9-14-7-5-6-8-16(14)18)11-19(17)23-20(22-13)21(2,3)4/h5-10H,11-12H2,1-4H3. The van der Waals surface area contributed by atoms with Crippen molar-refractivity contribution in [3.05, 3.63) is 70.3 Å². The third kappa shape index (κ3) is 2.33. The minimum Gasteiger partial charge on any atom is -0.237 e. The Balaban J connectivity index is 1.89. The van der Waals surface area contributed by atoms with Crippen LogP contribution in [0.3, 0.4) is 0 Å². The molecule has 0 aliphatic heterocycles. The summed E-state index contributed by atoms with van der Waals surface area (Å²) in [6.45, 7) is 8.67. The second-order valence-electron chi connectivity index (χ2n) is 7.59. The van der Waals surface area contributed by atoms with Gasteiger partial charge in [0.2, 0.25) is 0 Å². The summed E-state index contributed by atoms with van der Waals surface area (Å²) in [7, 11) is 0. The van der Waals surface area contributed by atoms with Crippen LogP contribution in [-0.2, 0) is 18.3 Å². The molecule has 2 aromatic carbocycles. The van der Waals surface area contributed by atoms with E-state index in [0.717, 1.165) is 24.4 Å². The molecule has 1 aliphatic carbocycles. The highest BCUT2D eigenvalue weighted by molar-refractivity contribution is 5.87. The zero-order valence-electron chi connectivity index (χ0n) is 14.3. The van der Waals surface area contributed by atoms with Crippen LogP contribution in [0.25, 0.3) is 10.8 Å². The van der Waals surface area contributed by atoms with Crippen LogP contribution in [0.1, 0.15) is 54.7 Å². The van der Waals surface area contributed by atoms with E-state index < -0.39 is 0 Å². The molecule has 116 valence electrons. The number of aryl methyl sites for hydroxylation is 1. The van der Waals surface area contributed by atoms with Crippen molar-refractivity contribution < 1.29 is 0 Å². The van der Waals surface area contributed by atoms with E-state index >= 15 is 0 Å². The second-order valence-corrected chi connectivity index (χ2v) is 7.59. The Bertz CT molecular complexity index is 917. The van der Waals surface area contributed by atoms with Crippen molar-refractivity contribution in [1.29, 1.82) is 0 Å². The predicted octanol–water partition coefficient (Wildman–Crippen LogP) is 4.73. The lowest BCUT2D eigenvalue weighted by Crippen LogP contribution is -2.21. The summed E-state index contributed by atoms with van der Waals surface area (Å²) < 4.78 is 0. The van der Waals surface area contributed by atoms with Gasteiger partial charge in [0, 0.05) is 24.0 Å². The molecule has 0 bridgehead atoms. The van der Waals surface area contributed by atoms with Crippen LogP contribution >= 0.6 is 0 Å². The molecular formula is C21H22N2.